The van der Waals surface area contributed by atoms with E-state index in [9.17, 15) is 5.11 Å². The summed E-state index contributed by atoms with van der Waals surface area (Å²) in [6.07, 6.45) is 9.14. The molecule has 3 heterocycles. The quantitative estimate of drug-likeness (QED) is 0.875. The van der Waals surface area contributed by atoms with Crippen molar-refractivity contribution in [3.05, 3.63) is 18.2 Å². The van der Waals surface area contributed by atoms with Gasteiger partial charge in [0, 0.05) is 37.9 Å². The summed E-state index contributed by atoms with van der Waals surface area (Å²) < 4.78 is 2.01. The second-order valence-corrected chi connectivity index (χ2v) is 6.01. The molecule has 2 fully saturated rings. The summed E-state index contributed by atoms with van der Waals surface area (Å²) in [6, 6.07) is 1.40. The van der Waals surface area contributed by atoms with Crippen molar-refractivity contribution in [2.45, 2.75) is 50.3 Å². The first-order chi connectivity index (χ1) is 8.65. The zero-order chi connectivity index (χ0) is 12.7. The molecule has 0 spiro atoms. The van der Waals surface area contributed by atoms with Crippen LogP contribution >= 0.6 is 0 Å². The Bertz CT molecular complexity index is 403. The van der Waals surface area contributed by atoms with Crippen LogP contribution in [-0.2, 0) is 13.5 Å². The minimum Gasteiger partial charge on any atom is -0.392 e. The van der Waals surface area contributed by atoms with Gasteiger partial charge in [-0.3, -0.25) is 0 Å². The Morgan fingerprint density at radius 1 is 1.33 bits per heavy atom. The van der Waals surface area contributed by atoms with Crippen LogP contribution in [0.15, 0.2) is 12.4 Å². The first-order valence-corrected chi connectivity index (χ1v) is 7.01. The smallest absolute Gasteiger partial charge is 0.110 e. The molecule has 0 aromatic carbocycles. The van der Waals surface area contributed by atoms with Crippen molar-refractivity contribution in [1.29, 1.82) is 0 Å². The number of aryl methyl sites for hydroxylation is 1. The maximum Gasteiger partial charge on any atom is 0.110 e. The molecule has 18 heavy (non-hydrogen) atoms. The molecule has 1 aromatic heterocycles. The molecule has 0 amide bonds. The summed E-state index contributed by atoms with van der Waals surface area (Å²) in [5, 5.41) is 10.4. The lowest BCUT2D eigenvalue weighted by Gasteiger charge is -2.38. The molecule has 2 aliphatic rings. The monoisotopic (exact) mass is 249 g/mol. The van der Waals surface area contributed by atoms with Gasteiger partial charge in [-0.25, -0.2) is 4.98 Å². The highest BCUT2D eigenvalue weighted by molar-refractivity contribution is 4.99. The molecule has 1 N–H and O–H groups in total. The van der Waals surface area contributed by atoms with Gasteiger partial charge in [0.25, 0.3) is 0 Å². The molecule has 0 aliphatic carbocycles. The van der Waals surface area contributed by atoms with E-state index in [1.165, 1.54) is 12.8 Å². The molecule has 3 rings (SSSR count). The average Bonchev–Trinajstić information content (AvgIpc) is 2.80. The van der Waals surface area contributed by atoms with Crippen molar-refractivity contribution in [2.24, 2.45) is 13.0 Å². The molecular formula is C14H23N3O. The minimum atomic E-state index is -0.233. The lowest BCUT2D eigenvalue weighted by molar-refractivity contribution is 0.0354. The van der Waals surface area contributed by atoms with Gasteiger partial charge in [0.15, 0.2) is 0 Å². The lowest BCUT2D eigenvalue weighted by Crippen LogP contribution is -2.43. The van der Waals surface area contributed by atoms with Crippen molar-refractivity contribution in [1.82, 2.24) is 14.5 Å². The van der Waals surface area contributed by atoms with Crippen LogP contribution in [0.25, 0.3) is 0 Å². The highest BCUT2D eigenvalue weighted by Gasteiger charge is 2.40. The number of aliphatic hydroxyl groups excluding tert-OH is 1. The fourth-order valence-electron chi connectivity index (χ4n) is 3.71. The van der Waals surface area contributed by atoms with Crippen LogP contribution < -0.4 is 0 Å². The maximum atomic E-state index is 10.4. The zero-order valence-corrected chi connectivity index (χ0v) is 11.3. The summed E-state index contributed by atoms with van der Waals surface area (Å²) in [4.78, 5) is 6.83. The molecule has 4 heteroatoms. The molecular weight excluding hydrogens is 226 g/mol. The van der Waals surface area contributed by atoms with E-state index < -0.39 is 0 Å². The second-order valence-electron chi connectivity index (χ2n) is 6.01. The molecule has 0 radical (unpaired) electrons. The van der Waals surface area contributed by atoms with Crippen molar-refractivity contribution >= 4 is 0 Å². The third-order valence-electron chi connectivity index (χ3n) is 4.99. The molecule has 1 aromatic rings. The van der Waals surface area contributed by atoms with Gasteiger partial charge in [-0.2, -0.15) is 0 Å². The number of aromatic nitrogens is 2. The number of nitrogens with zero attached hydrogens (tertiary/aromatic N) is 3. The highest BCUT2D eigenvalue weighted by Crippen LogP contribution is 2.39. The Kier molecular flexibility index (Phi) is 3.16. The van der Waals surface area contributed by atoms with Crippen LogP contribution in [0.3, 0.4) is 0 Å². The van der Waals surface area contributed by atoms with Crippen molar-refractivity contribution in [2.75, 3.05) is 7.05 Å². The molecule has 3 unspecified atom stereocenters. The average molecular weight is 249 g/mol. The van der Waals surface area contributed by atoms with Gasteiger partial charge in [0.2, 0.25) is 0 Å². The fraction of sp³-hybridized carbons (Fsp3) is 0.786. The Labute approximate surface area is 109 Å². The van der Waals surface area contributed by atoms with E-state index in [0.29, 0.717) is 24.4 Å². The molecule has 0 saturated carbocycles. The summed E-state index contributed by atoms with van der Waals surface area (Å²) in [7, 11) is 4.23. The van der Waals surface area contributed by atoms with Gasteiger partial charge in [0.05, 0.1) is 6.10 Å². The first-order valence-electron chi connectivity index (χ1n) is 7.01. The molecule has 3 atom stereocenters. The van der Waals surface area contributed by atoms with Crippen molar-refractivity contribution in [3.8, 4) is 0 Å². The summed E-state index contributed by atoms with van der Waals surface area (Å²) in [6.45, 7) is 0. The Morgan fingerprint density at radius 3 is 2.56 bits per heavy atom. The normalized spacial score (nSPS) is 33.8. The van der Waals surface area contributed by atoms with E-state index in [2.05, 4.69) is 16.9 Å². The van der Waals surface area contributed by atoms with Crippen LogP contribution in [-0.4, -0.2) is 44.8 Å². The van der Waals surface area contributed by atoms with E-state index in [1.54, 1.807) is 6.20 Å². The molecule has 2 saturated heterocycles. The number of hydrogen-bond acceptors (Lipinski definition) is 3. The number of imidazole rings is 1. The first kappa shape index (κ1) is 12.2. The zero-order valence-electron chi connectivity index (χ0n) is 11.3. The summed E-state index contributed by atoms with van der Waals surface area (Å²) in [5.41, 5.74) is 0. The Morgan fingerprint density at radius 2 is 2.00 bits per heavy atom. The topological polar surface area (TPSA) is 41.3 Å². The van der Waals surface area contributed by atoms with Crippen molar-refractivity contribution in [3.63, 3.8) is 0 Å². The van der Waals surface area contributed by atoms with E-state index >= 15 is 0 Å². The standard InChI is InChI=1S/C14H23N3O/c1-16-6-5-15-14(16)9-13(18)10-7-11-3-4-12(8-10)17(11)2/h5-6,10-13,18H,3-4,7-9H2,1-2H3. The second kappa shape index (κ2) is 4.67. The SMILES string of the molecule is CN1C2CCC1CC(C(O)Cc1nccn1C)C2. The van der Waals surface area contributed by atoms with Crippen LogP contribution in [0.2, 0.25) is 0 Å². The third-order valence-corrected chi connectivity index (χ3v) is 4.99. The Hall–Kier alpha value is -0.870. The largest absolute Gasteiger partial charge is 0.392 e. The highest BCUT2D eigenvalue weighted by atomic mass is 16.3. The molecule has 4 nitrogen and oxygen atoms in total. The predicted octanol–water partition coefficient (Wildman–Crippen LogP) is 1.20. The van der Waals surface area contributed by atoms with E-state index in [-0.39, 0.29) is 6.10 Å². The van der Waals surface area contributed by atoms with Crippen LogP contribution in [0.5, 0.6) is 0 Å². The molecule has 2 aliphatic heterocycles. The van der Waals surface area contributed by atoms with E-state index in [0.717, 1.165) is 18.7 Å². The van der Waals surface area contributed by atoms with Crippen LogP contribution in [0.1, 0.15) is 31.5 Å². The number of aliphatic hydroxyl groups is 1. The van der Waals surface area contributed by atoms with Gasteiger partial charge in [-0.1, -0.05) is 0 Å². The van der Waals surface area contributed by atoms with Gasteiger partial charge in [-0.15, -0.1) is 0 Å². The number of fused-ring (bicyclic) bond motifs is 2. The summed E-state index contributed by atoms with van der Waals surface area (Å²) >= 11 is 0. The van der Waals surface area contributed by atoms with Gasteiger partial charge < -0.3 is 14.6 Å². The van der Waals surface area contributed by atoms with Crippen molar-refractivity contribution < 1.29 is 5.11 Å². The maximum absolute atomic E-state index is 10.4. The van der Waals surface area contributed by atoms with Gasteiger partial charge in [-0.05, 0) is 38.6 Å². The number of rotatable bonds is 3. The molecule has 2 bridgehead atoms. The van der Waals surface area contributed by atoms with Gasteiger partial charge in [0.1, 0.15) is 5.82 Å². The molecule has 100 valence electrons. The van der Waals surface area contributed by atoms with Crippen LogP contribution in [0, 0.1) is 5.92 Å². The minimum absolute atomic E-state index is 0.233. The van der Waals surface area contributed by atoms with E-state index in [1.807, 2.05) is 17.8 Å². The summed E-state index contributed by atoms with van der Waals surface area (Å²) in [5.74, 6) is 1.45. The van der Waals surface area contributed by atoms with Gasteiger partial charge >= 0.3 is 0 Å². The Balaban J connectivity index is 1.64. The number of hydrogen-bond donors (Lipinski definition) is 1. The number of piperidine rings is 1. The third kappa shape index (κ3) is 2.08. The fourth-order valence-corrected chi connectivity index (χ4v) is 3.71. The van der Waals surface area contributed by atoms with E-state index in [4.69, 9.17) is 0 Å². The predicted molar refractivity (Wildman–Crippen MR) is 70.2 cm³/mol. The lowest BCUT2D eigenvalue weighted by atomic mass is 9.85. The van der Waals surface area contributed by atoms with Crippen LogP contribution in [0.4, 0.5) is 0 Å².